The van der Waals surface area contributed by atoms with Gasteiger partial charge in [0.25, 0.3) is 0 Å². The fourth-order valence-electron chi connectivity index (χ4n) is 0.693. The van der Waals surface area contributed by atoms with E-state index in [-0.39, 0.29) is 5.97 Å². The first kappa shape index (κ1) is 11.5. The molecule has 0 aromatic rings. The molecule has 12 heavy (non-hydrogen) atoms. The van der Waals surface area contributed by atoms with Gasteiger partial charge in [0.05, 0.1) is 6.61 Å². The van der Waals surface area contributed by atoms with Crippen molar-refractivity contribution in [2.45, 2.75) is 40.5 Å². The second-order valence-electron chi connectivity index (χ2n) is 3.65. The van der Waals surface area contributed by atoms with E-state index in [2.05, 4.69) is 20.8 Å². The predicted octanol–water partition coefficient (Wildman–Crippen LogP) is 2.62. The number of esters is 1. The van der Waals surface area contributed by atoms with Crippen LogP contribution >= 0.6 is 0 Å². The highest BCUT2D eigenvalue weighted by Gasteiger charge is 2.09. The third kappa shape index (κ3) is 5.16. The summed E-state index contributed by atoms with van der Waals surface area (Å²) in [6.45, 7) is 8.92. The number of carbonyl (C=O) groups excluding carboxylic acids is 1. The minimum absolute atomic E-state index is 0.0648. The van der Waals surface area contributed by atoms with Crippen LogP contribution in [0.4, 0.5) is 0 Å². The van der Waals surface area contributed by atoms with Crippen LogP contribution < -0.4 is 0 Å². The Kier molecular flexibility index (Phi) is 5.77. The van der Waals surface area contributed by atoms with Crippen LogP contribution in [-0.4, -0.2) is 12.6 Å². The highest BCUT2D eigenvalue weighted by atomic mass is 16.5. The van der Waals surface area contributed by atoms with E-state index < -0.39 is 0 Å². The van der Waals surface area contributed by atoms with Gasteiger partial charge in [-0.3, -0.25) is 4.79 Å². The van der Waals surface area contributed by atoms with Gasteiger partial charge in [0.1, 0.15) is 0 Å². The van der Waals surface area contributed by atoms with Crippen LogP contribution in [-0.2, 0) is 9.53 Å². The van der Waals surface area contributed by atoms with E-state index >= 15 is 0 Å². The van der Waals surface area contributed by atoms with Crippen LogP contribution in [0, 0.1) is 11.8 Å². The zero-order valence-electron chi connectivity index (χ0n) is 8.59. The molecule has 0 aliphatic heterocycles. The molecule has 0 aliphatic rings. The molecule has 72 valence electrons. The Labute approximate surface area is 75.3 Å². The molecule has 2 heteroatoms. The molecular weight excluding hydrogens is 152 g/mol. The maximum absolute atomic E-state index is 10.9. The number of carbonyl (C=O) groups is 1. The number of rotatable bonds is 5. The Hall–Kier alpha value is -0.530. The Balaban J connectivity index is 3.47. The molecule has 1 atom stereocenters. The van der Waals surface area contributed by atoms with Gasteiger partial charge in [-0.15, -0.1) is 0 Å². The van der Waals surface area contributed by atoms with Crippen molar-refractivity contribution in [3.8, 4) is 0 Å². The first-order chi connectivity index (χ1) is 5.57. The Bertz CT molecular complexity index is 130. The predicted molar refractivity (Wildman–Crippen MR) is 49.9 cm³/mol. The number of hydrogen-bond acceptors (Lipinski definition) is 2. The molecule has 0 amide bonds. The Morgan fingerprint density at radius 3 is 2.33 bits per heavy atom. The molecule has 0 saturated heterocycles. The van der Waals surface area contributed by atoms with Gasteiger partial charge in [-0.1, -0.05) is 27.7 Å². The highest BCUT2D eigenvalue weighted by Crippen LogP contribution is 2.09. The van der Waals surface area contributed by atoms with E-state index in [4.69, 9.17) is 4.74 Å². The van der Waals surface area contributed by atoms with E-state index in [1.807, 2.05) is 6.92 Å². The summed E-state index contributed by atoms with van der Waals surface area (Å²) in [6, 6.07) is 0. The summed E-state index contributed by atoms with van der Waals surface area (Å²) in [6.07, 6.45) is 1.42. The van der Waals surface area contributed by atoms with Crippen molar-refractivity contribution >= 4 is 5.97 Å². The highest BCUT2D eigenvalue weighted by molar-refractivity contribution is 5.69. The minimum atomic E-state index is -0.0648. The van der Waals surface area contributed by atoms with Crippen molar-refractivity contribution in [3.63, 3.8) is 0 Å². The lowest BCUT2D eigenvalue weighted by atomic mass is 9.99. The summed E-state index contributed by atoms with van der Waals surface area (Å²) in [4.78, 5) is 10.9. The van der Waals surface area contributed by atoms with Gasteiger partial charge < -0.3 is 4.74 Å². The lowest BCUT2D eigenvalue weighted by Gasteiger charge is -2.14. The van der Waals surface area contributed by atoms with E-state index in [0.717, 1.165) is 6.42 Å². The molecule has 0 aromatic carbocycles. The molecule has 0 bridgehead atoms. The average Bonchev–Trinajstić information content (AvgIpc) is 2.00. The third-order valence-electron chi connectivity index (χ3n) is 2.10. The monoisotopic (exact) mass is 172 g/mol. The van der Waals surface area contributed by atoms with Crippen LogP contribution in [0.1, 0.15) is 40.5 Å². The van der Waals surface area contributed by atoms with Gasteiger partial charge in [-0.2, -0.15) is 0 Å². The second kappa shape index (κ2) is 6.04. The van der Waals surface area contributed by atoms with Crippen LogP contribution in [0.2, 0.25) is 0 Å². The van der Waals surface area contributed by atoms with Crippen LogP contribution in [0.5, 0.6) is 0 Å². The van der Waals surface area contributed by atoms with Crippen molar-refractivity contribution in [2.24, 2.45) is 11.8 Å². The molecule has 0 radical (unpaired) electrons. The normalized spacial score (nSPS) is 13.1. The Morgan fingerprint density at radius 1 is 1.33 bits per heavy atom. The van der Waals surface area contributed by atoms with Crippen molar-refractivity contribution in [1.29, 1.82) is 0 Å². The van der Waals surface area contributed by atoms with Gasteiger partial charge in [-0.25, -0.2) is 0 Å². The summed E-state index contributed by atoms with van der Waals surface area (Å²) >= 11 is 0. The summed E-state index contributed by atoms with van der Waals surface area (Å²) in [5, 5.41) is 0. The van der Waals surface area contributed by atoms with Gasteiger partial charge in [0.15, 0.2) is 0 Å². The molecule has 0 heterocycles. The van der Waals surface area contributed by atoms with Gasteiger partial charge >= 0.3 is 5.97 Å². The summed E-state index contributed by atoms with van der Waals surface area (Å²) in [5.41, 5.74) is 0. The van der Waals surface area contributed by atoms with E-state index in [9.17, 15) is 4.79 Å². The molecule has 0 rings (SSSR count). The fraction of sp³-hybridized carbons (Fsp3) is 0.900. The third-order valence-corrected chi connectivity index (χ3v) is 2.10. The SMILES string of the molecule is CCCC(=O)OCC(C)C(C)C. The first-order valence-corrected chi connectivity index (χ1v) is 4.73. The molecule has 2 nitrogen and oxygen atoms in total. The maximum Gasteiger partial charge on any atom is 0.305 e. The van der Waals surface area contributed by atoms with Gasteiger partial charge in [0, 0.05) is 6.42 Å². The first-order valence-electron chi connectivity index (χ1n) is 4.73. The lowest BCUT2D eigenvalue weighted by molar-refractivity contribution is -0.145. The van der Waals surface area contributed by atoms with Crippen molar-refractivity contribution < 1.29 is 9.53 Å². The van der Waals surface area contributed by atoms with E-state index in [0.29, 0.717) is 24.9 Å². The van der Waals surface area contributed by atoms with Gasteiger partial charge in [-0.05, 0) is 18.3 Å². The molecule has 0 aromatic heterocycles. The second-order valence-corrected chi connectivity index (χ2v) is 3.65. The largest absolute Gasteiger partial charge is 0.465 e. The lowest BCUT2D eigenvalue weighted by Crippen LogP contribution is -2.15. The molecule has 0 aliphatic carbocycles. The topological polar surface area (TPSA) is 26.3 Å². The van der Waals surface area contributed by atoms with Crippen molar-refractivity contribution in [1.82, 2.24) is 0 Å². The van der Waals surface area contributed by atoms with Crippen molar-refractivity contribution in [3.05, 3.63) is 0 Å². The standard InChI is InChI=1S/C10H20O2/c1-5-6-10(11)12-7-9(4)8(2)3/h8-9H,5-7H2,1-4H3. The Morgan fingerprint density at radius 2 is 1.92 bits per heavy atom. The summed E-state index contributed by atoms with van der Waals surface area (Å²) < 4.78 is 5.07. The van der Waals surface area contributed by atoms with Crippen LogP contribution in [0.25, 0.3) is 0 Å². The quantitative estimate of drug-likeness (QED) is 0.596. The number of hydrogen-bond donors (Lipinski definition) is 0. The minimum Gasteiger partial charge on any atom is -0.465 e. The summed E-state index contributed by atoms with van der Waals surface area (Å²) in [7, 11) is 0. The summed E-state index contributed by atoms with van der Waals surface area (Å²) in [5.74, 6) is 0.982. The average molecular weight is 172 g/mol. The van der Waals surface area contributed by atoms with Crippen LogP contribution in [0.3, 0.4) is 0 Å². The maximum atomic E-state index is 10.9. The number of ether oxygens (including phenoxy) is 1. The van der Waals surface area contributed by atoms with Gasteiger partial charge in [0.2, 0.25) is 0 Å². The smallest absolute Gasteiger partial charge is 0.305 e. The van der Waals surface area contributed by atoms with Crippen LogP contribution in [0.15, 0.2) is 0 Å². The molecule has 0 saturated carbocycles. The molecule has 0 spiro atoms. The fourth-order valence-corrected chi connectivity index (χ4v) is 0.693. The molecule has 0 N–H and O–H groups in total. The van der Waals surface area contributed by atoms with E-state index in [1.54, 1.807) is 0 Å². The zero-order valence-corrected chi connectivity index (χ0v) is 8.59. The van der Waals surface area contributed by atoms with E-state index in [1.165, 1.54) is 0 Å². The van der Waals surface area contributed by atoms with Crippen molar-refractivity contribution in [2.75, 3.05) is 6.61 Å². The molecule has 1 unspecified atom stereocenters. The molecular formula is C10H20O2. The zero-order chi connectivity index (χ0) is 9.56. The molecule has 0 fully saturated rings.